The van der Waals surface area contributed by atoms with Crippen LogP contribution in [-0.4, -0.2) is 56.8 Å². The minimum Gasteiger partial charge on any atom is -0.494 e. The molecule has 3 aromatic carbocycles. The summed E-state index contributed by atoms with van der Waals surface area (Å²) in [7, 11) is 0. The molecule has 0 radical (unpaired) electrons. The number of unbranched alkanes of at least 4 members (excludes halogenated alkanes) is 5. The van der Waals surface area contributed by atoms with Crippen LogP contribution in [0.5, 0.6) is 5.75 Å². The lowest BCUT2D eigenvalue weighted by Crippen LogP contribution is -2.44. The number of aryl methyl sites for hydroxylation is 1. The molecular formula is C43H51N3O5. The Morgan fingerprint density at radius 1 is 0.784 bits per heavy atom. The highest BCUT2D eigenvalue weighted by molar-refractivity contribution is 5.99. The fourth-order valence-corrected chi connectivity index (χ4v) is 6.69. The molecule has 5 rings (SSSR count). The molecule has 51 heavy (non-hydrogen) atoms. The molecule has 1 aliphatic heterocycles. The van der Waals surface area contributed by atoms with Crippen LogP contribution in [0.25, 0.3) is 22.5 Å². The maximum Gasteiger partial charge on any atom is 0.326 e. The van der Waals surface area contributed by atoms with E-state index >= 15 is 0 Å². The van der Waals surface area contributed by atoms with Crippen molar-refractivity contribution in [2.45, 2.75) is 96.9 Å². The molecule has 8 nitrogen and oxygen atoms in total. The van der Waals surface area contributed by atoms with Gasteiger partial charge < -0.3 is 14.7 Å². The van der Waals surface area contributed by atoms with Crippen LogP contribution in [0.2, 0.25) is 0 Å². The van der Waals surface area contributed by atoms with Crippen LogP contribution in [0.4, 0.5) is 0 Å². The van der Waals surface area contributed by atoms with E-state index in [1.165, 1.54) is 36.1 Å². The summed E-state index contributed by atoms with van der Waals surface area (Å²) >= 11 is 0. The maximum atomic E-state index is 13.8. The van der Waals surface area contributed by atoms with Gasteiger partial charge in [-0.1, -0.05) is 107 Å². The molecule has 1 saturated heterocycles. The molecular weight excluding hydrogens is 638 g/mol. The number of rotatable bonds is 19. The lowest BCUT2D eigenvalue weighted by Gasteiger charge is -2.26. The molecule has 1 aromatic heterocycles. The SMILES string of the molecule is CCCCCCCOc1ccc(-c2cnc(-c3ccc(C[C@H](CC(=O)c4ccc(CCCC)cc4)C(=O)N4CCC[C@H]4C(=O)O)cc3)nc2)cc1. The number of carboxylic acid groups (broad SMARTS) is 1. The average Bonchev–Trinajstić information content (AvgIpc) is 3.66. The zero-order chi connectivity index (χ0) is 36.0. The first-order valence-corrected chi connectivity index (χ1v) is 18.7. The number of carbonyl (C=O) groups excluding carboxylic acids is 2. The van der Waals surface area contributed by atoms with Gasteiger partial charge in [-0.15, -0.1) is 0 Å². The maximum absolute atomic E-state index is 13.8. The third-order valence-corrected chi connectivity index (χ3v) is 9.75. The van der Waals surface area contributed by atoms with E-state index < -0.39 is 17.9 Å². The first-order chi connectivity index (χ1) is 24.9. The number of ether oxygens (including phenoxy) is 1. The predicted octanol–water partition coefficient (Wildman–Crippen LogP) is 9.01. The van der Waals surface area contributed by atoms with Crippen molar-refractivity contribution in [1.82, 2.24) is 14.9 Å². The lowest BCUT2D eigenvalue weighted by atomic mass is 9.90. The summed E-state index contributed by atoms with van der Waals surface area (Å²) < 4.78 is 5.90. The summed E-state index contributed by atoms with van der Waals surface area (Å²) in [6.45, 7) is 5.48. The molecule has 8 heteroatoms. The molecule has 2 heterocycles. The van der Waals surface area contributed by atoms with Crippen LogP contribution >= 0.6 is 0 Å². The first-order valence-electron chi connectivity index (χ1n) is 18.7. The van der Waals surface area contributed by atoms with Gasteiger partial charge in [0.15, 0.2) is 11.6 Å². The number of likely N-dealkylation sites (tertiary alicyclic amines) is 1. The smallest absolute Gasteiger partial charge is 0.326 e. The van der Waals surface area contributed by atoms with Gasteiger partial charge in [-0.05, 0) is 67.3 Å². The van der Waals surface area contributed by atoms with Gasteiger partial charge in [-0.25, -0.2) is 14.8 Å². The standard InChI is InChI=1S/C43H51N3O5/c1-3-5-7-8-9-26-51-38-23-21-33(22-24-38)37-29-44-41(45-30-37)35-19-15-32(16-20-35)27-36(42(48)46-25-10-12-39(46)43(49)50)28-40(47)34-17-13-31(14-18-34)11-6-4-2/h13-24,29-30,36,39H,3-12,25-28H2,1-2H3,(H,49,50)/t36-,39+/m1/s1. The van der Waals surface area contributed by atoms with Crippen molar-refractivity contribution in [1.29, 1.82) is 0 Å². The number of amides is 1. The van der Waals surface area contributed by atoms with Gasteiger partial charge in [0, 0.05) is 48.0 Å². The Morgan fingerprint density at radius 3 is 2.10 bits per heavy atom. The monoisotopic (exact) mass is 689 g/mol. The number of nitrogens with zero attached hydrogens (tertiary/aromatic N) is 3. The van der Waals surface area contributed by atoms with E-state index in [2.05, 4.69) is 23.8 Å². The Labute approximate surface area is 302 Å². The predicted molar refractivity (Wildman–Crippen MR) is 201 cm³/mol. The van der Waals surface area contributed by atoms with E-state index in [0.717, 1.165) is 60.3 Å². The number of carbonyl (C=O) groups is 3. The van der Waals surface area contributed by atoms with Gasteiger partial charge in [-0.3, -0.25) is 9.59 Å². The number of carboxylic acids is 1. The van der Waals surface area contributed by atoms with Crippen molar-refractivity contribution in [2.75, 3.05) is 13.2 Å². The van der Waals surface area contributed by atoms with Crippen LogP contribution < -0.4 is 4.74 Å². The summed E-state index contributed by atoms with van der Waals surface area (Å²) in [5, 5.41) is 9.76. The van der Waals surface area contributed by atoms with E-state index in [4.69, 9.17) is 4.74 Å². The molecule has 4 aromatic rings. The molecule has 0 saturated carbocycles. The third kappa shape index (κ3) is 10.6. The normalized spacial score (nSPS) is 14.7. The van der Waals surface area contributed by atoms with E-state index in [0.29, 0.717) is 37.2 Å². The topological polar surface area (TPSA) is 110 Å². The Bertz CT molecular complexity index is 1700. The molecule has 2 atom stereocenters. The molecule has 1 amide bonds. The zero-order valence-electron chi connectivity index (χ0n) is 30.1. The van der Waals surface area contributed by atoms with E-state index in [-0.39, 0.29) is 18.1 Å². The first kappa shape index (κ1) is 37.4. The van der Waals surface area contributed by atoms with Crippen molar-refractivity contribution in [2.24, 2.45) is 5.92 Å². The highest BCUT2D eigenvalue weighted by Crippen LogP contribution is 2.27. The van der Waals surface area contributed by atoms with Gasteiger partial charge >= 0.3 is 5.97 Å². The quantitative estimate of drug-likeness (QED) is 0.0773. The fourth-order valence-electron chi connectivity index (χ4n) is 6.69. The minimum atomic E-state index is -1.00. The summed E-state index contributed by atoms with van der Waals surface area (Å²) in [6.07, 6.45) is 14.2. The second-order valence-corrected chi connectivity index (χ2v) is 13.6. The summed E-state index contributed by atoms with van der Waals surface area (Å²) in [5.41, 5.74) is 5.38. The van der Waals surface area contributed by atoms with Crippen molar-refractivity contribution in [3.8, 4) is 28.3 Å². The number of hydrogen-bond donors (Lipinski definition) is 1. The Kier molecular flexibility index (Phi) is 13.9. The Balaban J connectivity index is 1.23. The molecule has 268 valence electrons. The van der Waals surface area contributed by atoms with E-state index in [1.54, 1.807) is 0 Å². The van der Waals surface area contributed by atoms with Crippen LogP contribution in [0.3, 0.4) is 0 Å². The zero-order valence-corrected chi connectivity index (χ0v) is 30.1. The molecule has 1 fully saturated rings. The van der Waals surface area contributed by atoms with Crippen LogP contribution in [-0.2, 0) is 22.4 Å². The van der Waals surface area contributed by atoms with Gasteiger partial charge in [0.2, 0.25) is 5.91 Å². The highest BCUT2D eigenvalue weighted by Gasteiger charge is 2.37. The number of hydrogen-bond acceptors (Lipinski definition) is 6. The summed E-state index contributed by atoms with van der Waals surface area (Å²) in [5.74, 6) is -0.636. The van der Waals surface area contributed by atoms with Crippen molar-refractivity contribution < 1.29 is 24.2 Å². The number of aromatic nitrogens is 2. The van der Waals surface area contributed by atoms with Crippen LogP contribution in [0.1, 0.15) is 99.5 Å². The second kappa shape index (κ2) is 18.9. The Morgan fingerprint density at radius 2 is 1.43 bits per heavy atom. The molecule has 1 aliphatic rings. The summed E-state index contributed by atoms with van der Waals surface area (Å²) in [4.78, 5) is 49.9. The molecule has 0 unspecified atom stereocenters. The lowest BCUT2D eigenvalue weighted by molar-refractivity contribution is -0.149. The van der Waals surface area contributed by atoms with Crippen molar-refractivity contribution in [3.63, 3.8) is 0 Å². The van der Waals surface area contributed by atoms with Gasteiger partial charge in [0.05, 0.1) is 6.61 Å². The highest BCUT2D eigenvalue weighted by atomic mass is 16.5. The minimum absolute atomic E-state index is 0.00839. The third-order valence-electron chi connectivity index (χ3n) is 9.75. The Hall–Kier alpha value is -4.85. The van der Waals surface area contributed by atoms with Crippen molar-refractivity contribution in [3.05, 3.63) is 102 Å². The number of Topliss-reactive ketones (excluding diaryl/α,β-unsaturated/α-hetero) is 1. The fraction of sp³-hybridized carbons (Fsp3) is 0.419. The van der Waals surface area contributed by atoms with E-state index in [9.17, 15) is 19.5 Å². The number of benzene rings is 3. The molecule has 0 spiro atoms. The molecule has 0 aliphatic carbocycles. The van der Waals surface area contributed by atoms with Gasteiger partial charge in [-0.2, -0.15) is 0 Å². The van der Waals surface area contributed by atoms with Crippen LogP contribution in [0, 0.1) is 5.92 Å². The molecule has 1 N–H and O–H groups in total. The number of aliphatic carboxylic acids is 1. The average molecular weight is 690 g/mol. The number of ketones is 1. The van der Waals surface area contributed by atoms with Crippen molar-refractivity contribution >= 4 is 17.7 Å². The largest absolute Gasteiger partial charge is 0.494 e. The van der Waals surface area contributed by atoms with Gasteiger partial charge in [0.25, 0.3) is 0 Å². The van der Waals surface area contributed by atoms with Crippen LogP contribution in [0.15, 0.2) is 85.2 Å². The second-order valence-electron chi connectivity index (χ2n) is 13.6. The molecule has 0 bridgehead atoms. The van der Waals surface area contributed by atoms with E-state index in [1.807, 2.05) is 85.2 Å². The summed E-state index contributed by atoms with van der Waals surface area (Å²) in [6, 6.07) is 22.5. The van der Waals surface area contributed by atoms with Gasteiger partial charge in [0.1, 0.15) is 11.8 Å².